The van der Waals surface area contributed by atoms with E-state index in [0.29, 0.717) is 21.5 Å². The first-order chi connectivity index (χ1) is 11.7. The standard InChI is InChI=1S/C15H9ClN6OS/c16-12-11(24-15-19-14-17-7-4-8-21(14)20-15)9-18-22(13(12)23)10-5-2-1-3-6-10/h1-9H. The number of para-hydroxylation sites is 1. The van der Waals surface area contributed by atoms with Crippen LogP contribution in [0.3, 0.4) is 0 Å². The number of aromatic nitrogens is 6. The van der Waals surface area contributed by atoms with Crippen molar-refractivity contribution in [3.05, 3.63) is 70.4 Å². The Morgan fingerprint density at radius 3 is 2.75 bits per heavy atom. The third-order valence-corrected chi connectivity index (χ3v) is 4.55. The second kappa shape index (κ2) is 6.06. The molecule has 0 saturated heterocycles. The van der Waals surface area contributed by atoms with Crippen molar-refractivity contribution in [2.24, 2.45) is 0 Å². The van der Waals surface area contributed by atoms with Gasteiger partial charge in [-0.15, -0.1) is 5.10 Å². The van der Waals surface area contributed by atoms with Crippen molar-refractivity contribution in [1.82, 2.24) is 29.4 Å². The first-order valence-electron chi connectivity index (χ1n) is 6.91. The lowest BCUT2D eigenvalue weighted by atomic mass is 10.3. The van der Waals surface area contributed by atoms with Crippen LogP contribution in [0.5, 0.6) is 0 Å². The molecule has 0 spiro atoms. The van der Waals surface area contributed by atoms with Gasteiger partial charge in [0, 0.05) is 12.4 Å². The summed E-state index contributed by atoms with van der Waals surface area (Å²) in [5, 5.41) is 8.96. The molecule has 118 valence electrons. The molecular formula is C15H9ClN6OS. The minimum Gasteiger partial charge on any atom is -0.266 e. The van der Waals surface area contributed by atoms with Crippen LogP contribution in [0.25, 0.3) is 11.5 Å². The molecule has 0 unspecified atom stereocenters. The molecule has 0 aliphatic rings. The fourth-order valence-electron chi connectivity index (χ4n) is 2.10. The normalized spacial score (nSPS) is 11.0. The Balaban J connectivity index is 1.72. The van der Waals surface area contributed by atoms with Crippen LogP contribution in [-0.4, -0.2) is 29.4 Å². The molecular weight excluding hydrogens is 348 g/mol. The minimum atomic E-state index is -0.394. The van der Waals surface area contributed by atoms with Crippen LogP contribution in [-0.2, 0) is 0 Å². The highest BCUT2D eigenvalue weighted by atomic mass is 35.5. The molecule has 0 saturated carbocycles. The van der Waals surface area contributed by atoms with Gasteiger partial charge in [-0.05, 0) is 30.0 Å². The molecule has 0 aliphatic heterocycles. The molecule has 0 atom stereocenters. The molecule has 0 fully saturated rings. The quantitative estimate of drug-likeness (QED) is 0.561. The van der Waals surface area contributed by atoms with Crippen molar-refractivity contribution >= 4 is 29.1 Å². The third-order valence-electron chi connectivity index (χ3n) is 3.19. The number of fused-ring (bicyclic) bond motifs is 1. The minimum absolute atomic E-state index is 0.0747. The second-order valence-corrected chi connectivity index (χ2v) is 6.12. The predicted molar refractivity (Wildman–Crippen MR) is 89.7 cm³/mol. The van der Waals surface area contributed by atoms with Gasteiger partial charge in [-0.3, -0.25) is 4.79 Å². The fourth-order valence-corrected chi connectivity index (χ4v) is 3.07. The van der Waals surface area contributed by atoms with Crippen LogP contribution >= 0.6 is 23.4 Å². The smallest absolute Gasteiger partial charge is 0.266 e. The zero-order chi connectivity index (χ0) is 16.5. The molecule has 9 heteroatoms. The van der Waals surface area contributed by atoms with E-state index in [1.54, 1.807) is 35.1 Å². The molecule has 0 radical (unpaired) electrons. The van der Waals surface area contributed by atoms with E-state index < -0.39 is 5.56 Å². The van der Waals surface area contributed by atoms with Gasteiger partial charge in [0.2, 0.25) is 5.16 Å². The molecule has 0 aliphatic carbocycles. The first-order valence-corrected chi connectivity index (χ1v) is 8.10. The zero-order valence-electron chi connectivity index (χ0n) is 12.1. The molecule has 4 rings (SSSR count). The molecule has 3 aromatic heterocycles. The topological polar surface area (TPSA) is 78.0 Å². The Labute approximate surface area is 144 Å². The average molecular weight is 357 g/mol. The highest BCUT2D eigenvalue weighted by molar-refractivity contribution is 7.99. The maximum Gasteiger partial charge on any atom is 0.291 e. The molecule has 0 amide bonds. The lowest BCUT2D eigenvalue weighted by Gasteiger charge is -2.06. The van der Waals surface area contributed by atoms with E-state index in [1.807, 2.05) is 18.2 Å². The van der Waals surface area contributed by atoms with Crippen molar-refractivity contribution in [3.8, 4) is 5.69 Å². The van der Waals surface area contributed by atoms with E-state index in [2.05, 4.69) is 20.2 Å². The summed E-state index contributed by atoms with van der Waals surface area (Å²) in [5.41, 5.74) is 0.255. The fraction of sp³-hybridized carbons (Fsp3) is 0. The zero-order valence-corrected chi connectivity index (χ0v) is 13.6. The lowest BCUT2D eigenvalue weighted by Crippen LogP contribution is -2.21. The van der Waals surface area contributed by atoms with E-state index in [4.69, 9.17) is 11.6 Å². The lowest BCUT2D eigenvalue weighted by molar-refractivity contribution is 0.790. The molecule has 0 N–H and O–H groups in total. The van der Waals surface area contributed by atoms with Gasteiger partial charge in [0.05, 0.1) is 16.8 Å². The van der Waals surface area contributed by atoms with Gasteiger partial charge >= 0.3 is 0 Å². The number of hydrogen-bond acceptors (Lipinski definition) is 6. The van der Waals surface area contributed by atoms with E-state index in [0.717, 1.165) is 0 Å². The average Bonchev–Trinajstić information content (AvgIpc) is 3.02. The Bertz CT molecular complexity index is 1050. The summed E-state index contributed by atoms with van der Waals surface area (Å²) in [4.78, 5) is 21.3. The van der Waals surface area contributed by atoms with Crippen LogP contribution in [0, 0.1) is 0 Å². The third kappa shape index (κ3) is 2.66. The highest BCUT2D eigenvalue weighted by Gasteiger charge is 2.14. The van der Waals surface area contributed by atoms with Crippen LogP contribution < -0.4 is 5.56 Å². The summed E-state index contributed by atoms with van der Waals surface area (Å²) < 4.78 is 2.81. The Kier molecular flexibility index (Phi) is 3.75. The van der Waals surface area contributed by atoms with Gasteiger partial charge in [-0.25, -0.2) is 9.50 Å². The molecule has 0 bridgehead atoms. The van der Waals surface area contributed by atoms with Crippen molar-refractivity contribution in [1.29, 1.82) is 0 Å². The summed E-state index contributed by atoms with van der Waals surface area (Å²) in [7, 11) is 0. The SMILES string of the molecule is O=c1c(Cl)c(Sc2nc3ncccn3n2)cnn1-c1ccccc1. The van der Waals surface area contributed by atoms with E-state index in [9.17, 15) is 4.79 Å². The summed E-state index contributed by atoms with van der Waals surface area (Å²) in [6.07, 6.45) is 4.90. The number of rotatable bonds is 3. The van der Waals surface area contributed by atoms with Crippen LogP contribution in [0.15, 0.2) is 69.8 Å². The summed E-state index contributed by atoms with van der Waals surface area (Å²) in [6.45, 7) is 0. The van der Waals surface area contributed by atoms with Gasteiger partial charge in [0.15, 0.2) is 0 Å². The van der Waals surface area contributed by atoms with E-state index in [1.165, 1.54) is 22.6 Å². The predicted octanol–water partition coefficient (Wildman–Crippen LogP) is 2.47. The molecule has 24 heavy (non-hydrogen) atoms. The Morgan fingerprint density at radius 1 is 1.12 bits per heavy atom. The Morgan fingerprint density at radius 2 is 1.96 bits per heavy atom. The maximum atomic E-state index is 12.4. The largest absolute Gasteiger partial charge is 0.291 e. The van der Waals surface area contributed by atoms with Gasteiger partial charge < -0.3 is 0 Å². The summed E-state index contributed by atoms with van der Waals surface area (Å²) in [6, 6.07) is 10.8. The van der Waals surface area contributed by atoms with Crippen molar-refractivity contribution in [2.45, 2.75) is 10.1 Å². The van der Waals surface area contributed by atoms with E-state index in [-0.39, 0.29) is 5.02 Å². The van der Waals surface area contributed by atoms with Gasteiger partial charge in [0.1, 0.15) is 5.02 Å². The molecule has 3 heterocycles. The van der Waals surface area contributed by atoms with Crippen molar-refractivity contribution in [3.63, 3.8) is 0 Å². The molecule has 1 aromatic carbocycles. The molecule has 7 nitrogen and oxygen atoms in total. The van der Waals surface area contributed by atoms with E-state index >= 15 is 0 Å². The van der Waals surface area contributed by atoms with Gasteiger partial charge in [-0.1, -0.05) is 29.8 Å². The maximum absolute atomic E-state index is 12.4. The molecule has 4 aromatic rings. The van der Waals surface area contributed by atoms with Crippen LogP contribution in [0.1, 0.15) is 0 Å². The number of nitrogens with zero attached hydrogens (tertiary/aromatic N) is 6. The summed E-state index contributed by atoms with van der Waals surface area (Å²) >= 11 is 7.39. The van der Waals surface area contributed by atoms with Gasteiger partial charge in [0.25, 0.3) is 11.3 Å². The Hall–Kier alpha value is -2.71. The number of hydrogen-bond donors (Lipinski definition) is 0. The van der Waals surface area contributed by atoms with Crippen molar-refractivity contribution < 1.29 is 0 Å². The first kappa shape index (κ1) is 14.9. The second-order valence-electron chi connectivity index (χ2n) is 4.74. The number of halogens is 1. The van der Waals surface area contributed by atoms with Crippen LogP contribution in [0.4, 0.5) is 0 Å². The monoisotopic (exact) mass is 356 g/mol. The number of benzene rings is 1. The van der Waals surface area contributed by atoms with Crippen molar-refractivity contribution in [2.75, 3.05) is 0 Å². The van der Waals surface area contributed by atoms with Crippen LogP contribution in [0.2, 0.25) is 5.02 Å². The highest BCUT2D eigenvalue weighted by Crippen LogP contribution is 2.28. The van der Waals surface area contributed by atoms with Gasteiger partial charge in [-0.2, -0.15) is 14.8 Å². The summed E-state index contributed by atoms with van der Waals surface area (Å²) in [5.74, 6) is 0.474.